The topological polar surface area (TPSA) is 80.5 Å². The highest BCUT2D eigenvalue weighted by molar-refractivity contribution is 6.10. The molecule has 1 heterocycles. The minimum Gasteiger partial charge on any atom is -0.495 e. The first-order chi connectivity index (χ1) is 16.1. The summed E-state index contributed by atoms with van der Waals surface area (Å²) in [6.45, 7) is 6.78. The van der Waals surface area contributed by atoms with E-state index in [1.54, 1.807) is 24.3 Å². The second-order valence-electron chi connectivity index (χ2n) is 7.48. The Bertz CT molecular complexity index is 1180. The number of methoxy groups -OCH3 is 1. The summed E-state index contributed by atoms with van der Waals surface area (Å²) in [5.74, 6) is 0.0511. The molecule has 2 aromatic carbocycles. The molecule has 0 saturated heterocycles. The lowest BCUT2D eigenvalue weighted by atomic mass is 10.1. The van der Waals surface area contributed by atoms with E-state index < -0.39 is 17.6 Å². The third-order valence-corrected chi connectivity index (χ3v) is 5.29. The lowest BCUT2D eigenvalue weighted by Gasteiger charge is -2.15. The van der Waals surface area contributed by atoms with Crippen LogP contribution < -0.4 is 15.4 Å². The second kappa shape index (κ2) is 10.4. The average molecular weight is 473 g/mol. The third-order valence-electron chi connectivity index (χ3n) is 5.29. The fourth-order valence-electron chi connectivity index (χ4n) is 3.40. The molecule has 0 unspecified atom stereocenters. The zero-order chi connectivity index (χ0) is 24.9. The summed E-state index contributed by atoms with van der Waals surface area (Å²) in [6.07, 6.45) is -4.48. The minimum atomic E-state index is -4.48. The summed E-state index contributed by atoms with van der Waals surface area (Å²) in [6, 6.07) is 11.1. The maximum Gasteiger partial charge on any atom is 0.416 e. The number of nitrogens with zero attached hydrogens (tertiary/aromatic N) is 3. The number of guanidine groups is 1. The van der Waals surface area contributed by atoms with E-state index in [-0.39, 0.29) is 18.1 Å². The number of hydrogen-bond acceptors (Lipinski definition) is 4. The Labute approximate surface area is 195 Å². The van der Waals surface area contributed by atoms with Gasteiger partial charge in [-0.25, -0.2) is 4.99 Å². The van der Waals surface area contributed by atoms with Crippen molar-refractivity contribution in [1.29, 1.82) is 0 Å². The Hall–Kier alpha value is -3.82. The van der Waals surface area contributed by atoms with Gasteiger partial charge in [-0.1, -0.05) is 12.1 Å². The van der Waals surface area contributed by atoms with Gasteiger partial charge in [-0.05, 0) is 57.2 Å². The smallest absolute Gasteiger partial charge is 0.416 e. The Balaban J connectivity index is 1.89. The third kappa shape index (κ3) is 5.75. The summed E-state index contributed by atoms with van der Waals surface area (Å²) >= 11 is 0. The molecule has 10 heteroatoms. The fraction of sp³-hybridized carbons (Fsp3) is 0.292. The molecule has 0 atom stereocenters. The molecule has 34 heavy (non-hydrogen) atoms. The van der Waals surface area contributed by atoms with Gasteiger partial charge in [0.15, 0.2) is 0 Å². The van der Waals surface area contributed by atoms with Gasteiger partial charge in [0.25, 0.3) is 5.91 Å². The van der Waals surface area contributed by atoms with Crippen LogP contribution in [0.3, 0.4) is 0 Å². The number of ether oxygens (including phenoxy) is 1. The number of rotatable bonds is 6. The summed E-state index contributed by atoms with van der Waals surface area (Å²) in [7, 11) is 1.52. The number of alkyl halides is 3. The van der Waals surface area contributed by atoms with Gasteiger partial charge >= 0.3 is 6.18 Å². The van der Waals surface area contributed by atoms with E-state index in [1.165, 1.54) is 7.11 Å². The summed E-state index contributed by atoms with van der Waals surface area (Å²) < 4.78 is 45.8. The maximum atomic E-state index is 12.9. The van der Waals surface area contributed by atoms with Crippen LogP contribution in [0.1, 0.15) is 39.8 Å². The van der Waals surface area contributed by atoms with E-state index in [0.29, 0.717) is 18.0 Å². The van der Waals surface area contributed by atoms with Crippen LogP contribution in [0.15, 0.2) is 53.5 Å². The number of aliphatic imine (C=N–C) groups is 1. The predicted octanol–water partition coefficient (Wildman–Crippen LogP) is 4.95. The molecule has 3 rings (SSSR count). The molecule has 0 bridgehead atoms. The highest BCUT2D eigenvalue weighted by Gasteiger charge is 2.30. The van der Waals surface area contributed by atoms with Crippen molar-refractivity contribution in [3.8, 4) is 5.75 Å². The molecule has 2 N–H and O–H groups in total. The summed E-state index contributed by atoms with van der Waals surface area (Å²) in [5.41, 5.74) is 2.51. The molecule has 0 saturated carbocycles. The zero-order valence-electron chi connectivity index (χ0n) is 19.3. The van der Waals surface area contributed by atoms with E-state index in [2.05, 4.69) is 20.7 Å². The monoisotopic (exact) mass is 473 g/mol. The molecular weight excluding hydrogens is 447 g/mol. The number of carbonyl (C=O) groups is 1. The number of para-hydroxylation sites is 2. The molecule has 0 radical (unpaired) electrons. The average Bonchev–Trinajstić information content (AvgIpc) is 3.09. The van der Waals surface area contributed by atoms with E-state index in [1.807, 2.05) is 25.5 Å². The molecule has 1 aromatic heterocycles. The summed E-state index contributed by atoms with van der Waals surface area (Å²) in [5, 5.41) is 10.2. The van der Waals surface area contributed by atoms with Gasteiger partial charge in [0.05, 0.1) is 30.6 Å². The van der Waals surface area contributed by atoms with Crippen LogP contribution in [0.5, 0.6) is 5.75 Å². The van der Waals surface area contributed by atoms with Crippen LogP contribution in [0.2, 0.25) is 0 Å². The van der Waals surface area contributed by atoms with Gasteiger partial charge in [-0.15, -0.1) is 0 Å². The van der Waals surface area contributed by atoms with Gasteiger partial charge in [-0.3, -0.25) is 14.8 Å². The first kappa shape index (κ1) is 24.8. The van der Waals surface area contributed by atoms with Crippen molar-refractivity contribution in [1.82, 2.24) is 15.1 Å². The van der Waals surface area contributed by atoms with E-state index in [4.69, 9.17) is 4.74 Å². The molecule has 0 aliphatic rings. The lowest BCUT2D eigenvalue weighted by molar-refractivity contribution is -0.137. The van der Waals surface area contributed by atoms with E-state index in [9.17, 15) is 18.0 Å². The number of hydrogen-bond donors (Lipinski definition) is 2. The number of aryl methyl sites for hydroxylation is 2. The molecular formula is C24H26F3N5O2. The van der Waals surface area contributed by atoms with Gasteiger partial charge in [0, 0.05) is 23.4 Å². The highest BCUT2D eigenvalue weighted by atomic mass is 19.4. The fourth-order valence-corrected chi connectivity index (χ4v) is 3.40. The van der Waals surface area contributed by atoms with Crippen molar-refractivity contribution in [2.75, 3.05) is 12.4 Å². The van der Waals surface area contributed by atoms with Crippen LogP contribution in [0, 0.1) is 13.8 Å². The van der Waals surface area contributed by atoms with Crippen molar-refractivity contribution in [3.05, 3.63) is 76.6 Å². The number of halogens is 3. The first-order valence-electron chi connectivity index (χ1n) is 10.6. The molecule has 0 fully saturated rings. The number of benzene rings is 2. The van der Waals surface area contributed by atoms with Crippen LogP contribution >= 0.6 is 0 Å². The van der Waals surface area contributed by atoms with Crippen molar-refractivity contribution in [2.24, 2.45) is 4.99 Å². The lowest BCUT2D eigenvalue weighted by Crippen LogP contribution is -2.36. The van der Waals surface area contributed by atoms with Crippen LogP contribution in [-0.4, -0.2) is 28.8 Å². The number of carbonyl (C=O) groups excluding carboxylic acids is 1. The Morgan fingerprint density at radius 3 is 2.38 bits per heavy atom. The number of amides is 1. The Morgan fingerprint density at radius 1 is 1.12 bits per heavy atom. The van der Waals surface area contributed by atoms with Crippen molar-refractivity contribution in [2.45, 2.75) is 40.0 Å². The molecule has 0 aliphatic heterocycles. The Morgan fingerprint density at radius 2 is 1.79 bits per heavy atom. The highest BCUT2D eigenvalue weighted by Crippen LogP contribution is 2.29. The molecule has 1 amide bonds. The van der Waals surface area contributed by atoms with Crippen LogP contribution in [-0.2, 0) is 19.3 Å². The van der Waals surface area contributed by atoms with Gasteiger partial charge < -0.3 is 10.1 Å². The maximum absolute atomic E-state index is 12.9. The van der Waals surface area contributed by atoms with Gasteiger partial charge in [0.2, 0.25) is 5.96 Å². The van der Waals surface area contributed by atoms with E-state index >= 15 is 0 Å². The van der Waals surface area contributed by atoms with Crippen molar-refractivity contribution in [3.63, 3.8) is 0 Å². The summed E-state index contributed by atoms with van der Waals surface area (Å²) in [4.78, 5) is 17.3. The largest absolute Gasteiger partial charge is 0.495 e. The second-order valence-corrected chi connectivity index (χ2v) is 7.48. The SMILES string of the molecule is CCn1nc(C)c(CN=C(NC(=O)c2ccc(C(F)(F)F)cc2)Nc2ccccc2OC)c1C. The Kier molecular flexibility index (Phi) is 7.60. The molecule has 180 valence electrons. The first-order valence-corrected chi connectivity index (χ1v) is 10.6. The van der Waals surface area contributed by atoms with Crippen LogP contribution in [0.4, 0.5) is 18.9 Å². The van der Waals surface area contributed by atoms with Gasteiger partial charge in [-0.2, -0.15) is 18.3 Å². The number of aromatic nitrogens is 2. The van der Waals surface area contributed by atoms with Gasteiger partial charge in [0.1, 0.15) is 5.75 Å². The van der Waals surface area contributed by atoms with Crippen molar-refractivity contribution >= 4 is 17.6 Å². The number of nitrogens with one attached hydrogen (secondary N) is 2. The zero-order valence-corrected chi connectivity index (χ0v) is 19.3. The molecule has 7 nitrogen and oxygen atoms in total. The molecule has 0 aliphatic carbocycles. The molecule has 0 spiro atoms. The predicted molar refractivity (Wildman–Crippen MR) is 124 cm³/mol. The standard InChI is InChI=1S/C24H26F3N5O2/c1-5-32-16(3)19(15(2)31-32)14-28-23(29-20-8-6-7-9-21(20)34-4)30-22(33)17-10-12-18(13-11-17)24(25,26)27/h6-13H,5,14H2,1-4H3,(H2,28,29,30,33). The van der Waals surface area contributed by atoms with Crippen LogP contribution in [0.25, 0.3) is 0 Å². The minimum absolute atomic E-state index is 0.0636. The normalized spacial score (nSPS) is 11.9. The molecule has 3 aromatic rings. The van der Waals surface area contributed by atoms with Crippen molar-refractivity contribution < 1.29 is 22.7 Å². The number of anilines is 1. The van der Waals surface area contributed by atoms with E-state index in [0.717, 1.165) is 41.2 Å². The quantitative estimate of drug-likeness (QED) is 0.392.